The van der Waals surface area contributed by atoms with Crippen molar-refractivity contribution in [2.24, 2.45) is 0 Å². The zero-order valence-corrected chi connectivity index (χ0v) is 15.8. The van der Waals surface area contributed by atoms with Crippen molar-refractivity contribution in [3.63, 3.8) is 0 Å². The monoisotopic (exact) mass is 387 g/mol. The number of halogens is 1. The SMILES string of the molecule is COc1ccc(-c2nnn(CC(=O)Nc3cc(Cl)ccc3C)n2)cc1OC. The molecule has 9 heteroatoms. The topological polar surface area (TPSA) is 91.2 Å². The Morgan fingerprint density at radius 1 is 1.15 bits per heavy atom. The summed E-state index contributed by atoms with van der Waals surface area (Å²) in [5.41, 5.74) is 2.25. The summed E-state index contributed by atoms with van der Waals surface area (Å²) in [6.07, 6.45) is 0. The van der Waals surface area contributed by atoms with E-state index in [0.29, 0.717) is 33.6 Å². The average molecular weight is 388 g/mol. The maximum Gasteiger partial charge on any atom is 0.248 e. The number of methoxy groups -OCH3 is 2. The lowest BCUT2D eigenvalue weighted by Gasteiger charge is -2.08. The Morgan fingerprint density at radius 3 is 2.67 bits per heavy atom. The summed E-state index contributed by atoms with van der Waals surface area (Å²) in [6, 6.07) is 10.6. The van der Waals surface area contributed by atoms with Crippen LogP contribution in [0.3, 0.4) is 0 Å². The van der Waals surface area contributed by atoms with Crippen LogP contribution >= 0.6 is 11.6 Å². The van der Waals surface area contributed by atoms with Crippen LogP contribution in [-0.4, -0.2) is 40.3 Å². The quantitative estimate of drug-likeness (QED) is 0.699. The van der Waals surface area contributed by atoms with Crippen LogP contribution in [0.2, 0.25) is 5.02 Å². The maximum atomic E-state index is 12.3. The molecule has 140 valence electrons. The van der Waals surface area contributed by atoms with Gasteiger partial charge in [0.25, 0.3) is 0 Å². The van der Waals surface area contributed by atoms with Gasteiger partial charge in [-0.3, -0.25) is 4.79 Å². The van der Waals surface area contributed by atoms with Crippen LogP contribution in [-0.2, 0) is 11.3 Å². The van der Waals surface area contributed by atoms with Gasteiger partial charge in [0, 0.05) is 16.3 Å². The van der Waals surface area contributed by atoms with E-state index in [0.717, 1.165) is 5.56 Å². The second-order valence-electron chi connectivity index (χ2n) is 5.72. The van der Waals surface area contributed by atoms with E-state index in [-0.39, 0.29) is 12.5 Å². The van der Waals surface area contributed by atoms with E-state index in [1.165, 1.54) is 4.80 Å². The number of ether oxygens (including phenoxy) is 2. The van der Waals surface area contributed by atoms with Gasteiger partial charge >= 0.3 is 0 Å². The largest absolute Gasteiger partial charge is 0.493 e. The fraction of sp³-hybridized carbons (Fsp3) is 0.222. The van der Waals surface area contributed by atoms with Crippen LogP contribution in [0.4, 0.5) is 5.69 Å². The molecule has 3 aromatic rings. The molecule has 3 rings (SSSR count). The highest BCUT2D eigenvalue weighted by Gasteiger charge is 2.13. The van der Waals surface area contributed by atoms with E-state index in [4.69, 9.17) is 21.1 Å². The number of aromatic nitrogens is 4. The van der Waals surface area contributed by atoms with Gasteiger partial charge in [-0.15, -0.1) is 10.2 Å². The third kappa shape index (κ3) is 4.35. The standard InChI is InChI=1S/C18H18ClN5O3/c1-11-4-6-13(19)9-14(11)20-17(25)10-24-22-18(21-23-24)12-5-7-15(26-2)16(8-12)27-3/h4-9H,10H2,1-3H3,(H,20,25). The maximum absolute atomic E-state index is 12.3. The third-order valence-corrected chi connectivity index (χ3v) is 4.09. The molecular weight excluding hydrogens is 370 g/mol. The smallest absolute Gasteiger partial charge is 0.248 e. The van der Waals surface area contributed by atoms with Gasteiger partial charge in [-0.05, 0) is 48.0 Å². The second-order valence-corrected chi connectivity index (χ2v) is 6.16. The number of amides is 1. The predicted octanol–water partition coefficient (Wildman–Crippen LogP) is 2.96. The zero-order chi connectivity index (χ0) is 19.4. The van der Waals surface area contributed by atoms with Crippen LogP contribution in [0.1, 0.15) is 5.56 Å². The average Bonchev–Trinajstić information content (AvgIpc) is 3.12. The van der Waals surface area contributed by atoms with Crippen molar-refractivity contribution in [1.82, 2.24) is 20.2 Å². The predicted molar refractivity (Wildman–Crippen MR) is 101 cm³/mol. The number of tetrazole rings is 1. The summed E-state index contributed by atoms with van der Waals surface area (Å²) in [6.45, 7) is 1.81. The van der Waals surface area contributed by atoms with Gasteiger partial charge in [-0.25, -0.2) is 0 Å². The Morgan fingerprint density at radius 2 is 1.93 bits per heavy atom. The van der Waals surface area contributed by atoms with Crippen LogP contribution in [0.5, 0.6) is 11.5 Å². The van der Waals surface area contributed by atoms with Crippen LogP contribution in [0.25, 0.3) is 11.4 Å². The molecule has 0 aliphatic carbocycles. The van der Waals surface area contributed by atoms with Gasteiger partial charge in [0.1, 0.15) is 6.54 Å². The molecule has 1 N–H and O–H groups in total. The molecule has 0 saturated heterocycles. The number of carbonyl (C=O) groups is 1. The van der Waals surface area contributed by atoms with E-state index in [2.05, 4.69) is 20.7 Å². The lowest BCUT2D eigenvalue weighted by atomic mass is 10.2. The molecule has 0 spiro atoms. The highest BCUT2D eigenvalue weighted by molar-refractivity contribution is 6.31. The summed E-state index contributed by atoms with van der Waals surface area (Å²) in [5, 5.41) is 15.5. The van der Waals surface area contributed by atoms with E-state index in [1.807, 2.05) is 13.0 Å². The summed E-state index contributed by atoms with van der Waals surface area (Å²) < 4.78 is 10.5. The van der Waals surface area contributed by atoms with Gasteiger partial charge in [0.2, 0.25) is 11.7 Å². The van der Waals surface area contributed by atoms with Crippen molar-refractivity contribution in [2.75, 3.05) is 19.5 Å². The van der Waals surface area contributed by atoms with Gasteiger partial charge in [-0.2, -0.15) is 4.80 Å². The Balaban J connectivity index is 1.72. The summed E-state index contributed by atoms with van der Waals surface area (Å²) in [5.74, 6) is 1.25. The highest BCUT2D eigenvalue weighted by atomic mass is 35.5. The highest BCUT2D eigenvalue weighted by Crippen LogP contribution is 2.30. The van der Waals surface area contributed by atoms with Gasteiger partial charge in [0.15, 0.2) is 11.5 Å². The van der Waals surface area contributed by atoms with Crippen molar-refractivity contribution in [3.05, 3.63) is 47.0 Å². The number of carbonyl (C=O) groups excluding carboxylic acids is 1. The van der Waals surface area contributed by atoms with Gasteiger partial charge in [0.05, 0.1) is 14.2 Å². The first-order valence-corrected chi connectivity index (χ1v) is 8.44. The number of aryl methyl sites for hydroxylation is 1. The minimum absolute atomic E-state index is 0.0771. The number of hydrogen-bond donors (Lipinski definition) is 1. The molecule has 27 heavy (non-hydrogen) atoms. The fourth-order valence-corrected chi connectivity index (χ4v) is 2.62. The molecule has 1 aromatic heterocycles. The zero-order valence-electron chi connectivity index (χ0n) is 15.1. The number of benzene rings is 2. The van der Waals surface area contributed by atoms with Gasteiger partial charge in [-0.1, -0.05) is 17.7 Å². The Hall–Kier alpha value is -3.13. The van der Waals surface area contributed by atoms with Crippen molar-refractivity contribution < 1.29 is 14.3 Å². The van der Waals surface area contributed by atoms with Crippen molar-refractivity contribution in [2.45, 2.75) is 13.5 Å². The van der Waals surface area contributed by atoms with Gasteiger partial charge < -0.3 is 14.8 Å². The van der Waals surface area contributed by atoms with Crippen molar-refractivity contribution in [1.29, 1.82) is 0 Å². The third-order valence-electron chi connectivity index (χ3n) is 3.85. The molecule has 0 fully saturated rings. The fourth-order valence-electron chi connectivity index (χ4n) is 2.45. The molecule has 8 nitrogen and oxygen atoms in total. The number of nitrogens with zero attached hydrogens (tertiary/aromatic N) is 4. The van der Waals surface area contributed by atoms with Crippen LogP contribution in [0.15, 0.2) is 36.4 Å². The number of nitrogens with one attached hydrogen (secondary N) is 1. The molecular formula is C18H18ClN5O3. The lowest BCUT2D eigenvalue weighted by Crippen LogP contribution is -2.21. The molecule has 0 aliphatic rings. The molecule has 0 radical (unpaired) electrons. The number of hydrogen-bond acceptors (Lipinski definition) is 6. The number of anilines is 1. The first-order valence-electron chi connectivity index (χ1n) is 8.06. The second kappa shape index (κ2) is 8.05. The molecule has 0 bridgehead atoms. The number of rotatable bonds is 6. The summed E-state index contributed by atoms with van der Waals surface area (Å²) in [7, 11) is 3.11. The van der Waals surface area contributed by atoms with E-state index in [9.17, 15) is 4.79 Å². The normalized spacial score (nSPS) is 10.5. The molecule has 2 aromatic carbocycles. The Labute approximate surface area is 161 Å². The molecule has 0 aliphatic heterocycles. The van der Waals surface area contributed by atoms with Crippen LogP contribution < -0.4 is 14.8 Å². The van der Waals surface area contributed by atoms with E-state index >= 15 is 0 Å². The lowest BCUT2D eigenvalue weighted by molar-refractivity contribution is -0.117. The van der Waals surface area contributed by atoms with Crippen molar-refractivity contribution in [3.8, 4) is 22.9 Å². The first-order chi connectivity index (χ1) is 13.0. The molecule has 1 amide bonds. The van der Waals surface area contributed by atoms with E-state index in [1.54, 1.807) is 44.6 Å². The summed E-state index contributed by atoms with van der Waals surface area (Å²) >= 11 is 5.97. The van der Waals surface area contributed by atoms with Crippen LogP contribution in [0, 0.1) is 6.92 Å². The summed E-state index contributed by atoms with van der Waals surface area (Å²) in [4.78, 5) is 13.5. The Kier molecular flexibility index (Phi) is 5.56. The molecule has 0 unspecified atom stereocenters. The molecule has 0 saturated carbocycles. The Bertz CT molecular complexity index is 973. The van der Waals surface area contributed by atoms with Crippen molar-refractivity contribution >= 4 is 23.2 Å². The minimum Gasteiger partial charge on any atom is -0.493 e. The molecule has 0 atom stereocenters. The first kappa shape index (κ1) is 18.7. The molecule has 1 heterocycles. The minimum atomic E-state index is -0.281. The van der Waals surface area contributed by atoms with E-state index < -0.39 is 0 Å².